The molecule has 0 bridgehead atoms. The van der Waals surface area contributed by atoms with Crippen LogP contribution in [0.15, 0.2) is 35.1 Å². The van der Waals surface area contributed by atoms with Crippen molar-refractivity contribution in [2.24, 2.45) is 0 Å². The van der Waals surface area contributed by atoms with Crippen molar-refractivity contribution in [2.45, 2.75) is 0 Å². The zero-order valence-corrected chi connectivity index (χ0v) is 17.9. The molecule has 0 saturated carbocycles. The van der Waals surface area contributed by atoms with E-state index < -0.39 is 17.4 Å². The number of benzene rings is 2. The first-order valence-electron chi connectivity index (χ1n) is 8.83. The Morgan fingerprint density at radius 1 is 0.968 bits per heavy atom. The Balaban J connectivity index is 2.04. The molecule has 2 N–H and O–H groups in total. The van der Waals surface area contributed by atoms with Gasteiger partial charge in [0.1, 0.15) is 0 Å². The first-order valence-corrected chi connectivity index (χ1v) is 9.24. The maximum atomic E-state index is 12.9. The average Bonchev–Trinajstić information content (AvgIpc) is 2.79. The van der Waals surface area contributed by atoms with Crippen molar-refractivity contribution in [1.29, 1.82) is 0 Å². The van der Waals surface area contributed by atoms with E-state index >= 15 is 0 Å². The van der Waals surface area contributed by atoms with E-state index in [1.54, 1.807) is 0 Å². The maximum absolute atomic E-state index is 12.9. The molecule has 0 aliphatic rings. The van der Waals surface area contributed by atoms with Crippen LogP contribution in [0, 0.1) is 4.77 Å². The quantitative estimate of drug-likeness (QED) is 0.438. The topological polar surface area (TPSA) is 121 Å². The van der Waals surface area contributed by atoms with Gasteiger partial charge in [-0.25, -0.2) is 4.79 Å². The predicted octanol–water partition coefficient (Wildman–Crippen LogP) is 2.26. The molecule has 0 radical (unpaired) electrons. The van der Waals surface area contributed by atoms with Crippen molar-refractivity contribution >= 4 is 35.0 Å². The number of H-pyrrole nitrogens is 1. The van der Waals surface area contributed by atoms with Gasteiger partial charge in [0.15, 0.2) is 16.3 Å². The number of methoxy groups -OCH3 is 4. The molecule has 11 heteroatoms. The predicted molar refractivity (Wildman–Crippen MR) is 115 cm³/mol. The van der Waals surface area contributed by atoms with Crippen molar-refractivity contribution in [2.75, 3.05) is 33.9 Å². The van der Waals surface area contributed by atoms with Gasteiger partial charge in [-0.2, -0.15) is 4.68 Å². The van der Waals surface area contributed by atoms with Crippen molar-refractivity contribution in [1.82, 2.24) is 9.66 Å². The number of fused-ring (bicyclic) bond motifs is 1. The Morgan fingerprint density at radius 3 is 2.16 bits per heavy atom. The van der Waals surface area contributed by atoms with Gasteiger partial charge >= 0.3 is 5.97 Å². The van der Waals surface area contributed by atoms with Crippen LogP contribution < -0.4 is 25.2 Å². The standard InChI is InChI=1S/C20H19N3O7S/c1-27-14-8-11(9-15(28-2)16(14)29-3)17(24)22-23-18(25)12-6-5-10(19(26)30-4)7-13(12)21-20(23)31/h5-9H,1-4H3,(H,21,31)(H,22,24). The number of nitrogens with one attached hydrogen (secondary N) is 2. The molecule has 1 heterocycles. The summed E-state index contributed by atoms with van der Waals surface area (Å²) in [5.74, 6) is -0.313. The fourth-order valence-electron chi connectivity index (χ4n) is 2.94. The number of ether oxygens (including phenoxy) is 4. The van der Waals surface area contributed by atoms with Gasteiger partial charge in [-0.05, 0) is 42.5 Å². The highest BCUT2D eigenvalue weighted by atomic mass is 32.1. The van der Waals surface area contributed by atoms with E-state index in [4.69, 9.17) is 26.4 Å². The number of rotatable bonds is 6. The number of nitrogens with zero attached hydrogens (tertiary/aromatic N) is 1. The van der Waals surface area contributed by atoms with Gasteiger partial charge in [-0.1, -0.05) is 0 Å². The van der Waals surface area contributed by atoms with Crippen LogP contribution in [0.3, 0.4) is 0 Å². The minimum absolute atomic E-state index is 0.0692. The van der Waals surface area contributed by atoms with E-state index in [-0.39, 0.29) is 32.8 Å². The van der Waals surface area contributed by atoms with Gasteiger partial charge in [-0.3, -0.25) is 15.0 Å². The van der Waals surface area contributed by atoms with Crippen molar-refractivity contribution in [3.8, 4) is 17.2 Å². The summed E-state index contributed by atoms with van der Waals surface area (Å²) in [5.41, 5.74) is 2.62. The molecule has 0 fully saturated rings. The summed E-state index contributed by atoms with van der Waals surface area (Å²) in [7, 11) is 5.54. The Hall–Kier alpha value is -3.86. The summed E-state index contributed by atoms with van der Waals surface area (Å²) in [5, 5.41) is 0.214. The molecule has 10 nitrogen and oxygen atoms in total. The molecule has 1 amide bonds. The monoisotopic (exact) mass is 445 g/mol. The van der Waals surface area contributed by atoms with E-state index in [1.807, 2.05) is 0 Å². The normalized spacial score (nSPS) is 10.5. The smallest absolute Gasteiger partial charge is 0.337 e. The zero-order valence-electron chi connectivity index (χ0n) is 17.1. The molecule has 0 atom stereocenters. The molecule has 2 aromatic carbocycles. The Kier molecular flexibility index (Phi) is 6.25. The fourth-order valence-corrected chi connectivity index (χ4v) is 3.18. The Bertz CT molecular complexity index is 1270. The van der Waals surface area contributed by atoms with Gasteiger partial charge in [-0.15, -0.1) is 0 Å². The first kappa shape index (κ1) is 21.8. The van der Waals surface area contributed by atoms with Crippen LogP contribution in [0.2, 0.25) is 0 Å². The molecule has 0 unspecified atom stereocenters. The third kappa shape index (κ3) is 4.08. The summed E-state index contributed by atoms with van der Waals surface area (Å²) in [6, 6.07) is 7.22. The summed E-state index contributed by atoms with van der Waals surface area (Å²) < 4.78 is 21.2. The van der Waals surface area contributed by atoms with E-state index in [9.17, 15) is 14.4 Å². The lowest BCUT2D eigenvalue weighted by Crippen LogP contribution is -2.34. The second-order valence-corrected chi connectivity index (χ2v) is 6.56. The fraction of sp³-hybridized carbons (Fsp3) is 0.200. The summed E-state index contributed by atoms with van der Waals surface area (Å²) >= 11 is 5.22. The highest BCUT2D eigenvalue weighted by molar-refractivity contribution is 7.71. The average molecular weight is 445 g/mol. The van der Waals surface area contributed by atoms with E-state index in [0.29, 0.717) is 11.3 Å². The molecule has 0 aliphatic carbocycles. The van der Waals surface area contributed by atoms with Crippen molar-refractivity contribution in [3.63, 3.8) is 0 Å². The second-order valence-electron chi connectivity index (χ2n) is 6.18. The minimum atomic E-state index is -0.633. The number of amides is 1. The van der Waals surface area contributed by atoms with Crippen LogP contribution in [-0.2, 0) is 4.74 Å². The Morgan fingerprint density at radius 2 is 1.61 bits per heavy atom. The number of aromatic nitrogens is 2. The molecular formula is C20H19N3O7S. The van der Waals surface area contributed by atoms with Gasteiger partial charge in [0.25, 0.3) is 11.5 Å². The number of esters is 1. The molecule has 0 saturated heterocycles. The molecule has 3 rings (SSSR count). The van der Waals surface area contributed by atoms with Crippen LogP contribution >= 0.6 is 12.2 Å². The number of carbonyl (C=O) groups excluding carboxylic acids is 2. The Labute approximate surface area is 181 Å². The first-order chi connectivity index (χ1) is 14.8. The van der Waals surface area contributed by atoms with Crippen LogP contribution in [-0.4, -0.2) is 50.0 Å². The van der Waals surface area contributed by atoms with E-state index in [2.05, 4.69) is 15.1 Å². The third-order valence-corrected chi connectivity index (χ3v) is 4.74. The highest BCUT2D eigenvalue weighted by Gasteiger charge is 2.18. The molecule has 0 aliphatic heterocycles. The maximum Gasteiger partial charge on any atom is 0.337 e. The van der Waals surface area contributed by atoms with Crippen molar-refractivity contribution in [3.05, 3.63) is 56.6 Å². The van der Waals surface area contributed by atoms with Crippen LogP contribution in [0.4, 0.5) is 0 Å². The third-order valence-electron chi connectivity index (χ3n) is 4.46. The van der Waals surface area contributed by atoms with E-state index in [1.165, 1.54) is 58.8 Å². The van der Waals surface area contributed by atoms with Crippen LogP contribution in [0.5, 0.6) is 17.2 Å². The number of hydrogen-bond donors (Lipinski definition) is 2. The lowest BCUT2D eigenvalue weighted by Gasteiger charge is -2.15. The molecule has 0 spiro atoms. The van der Waals surface area contributed by atoms with Crippen LogP contribution in [0.25, 0.3) is 10.9 Å². The largest absolute Gasteiger partial charge is 0.493 e. The zero-order chi connectivity index (χ0) is 22.7. The number of carbonyl (C=O) groups is 2. The van der Waals surface area contributed by atoms with Gasteiger partial charge in [0, 0.05) is 5.56 Å². The SMILES string of the molecule is COC(=O)c1ccc2c(=O)n(NC(=O)c3cc(OC)c(OC)c(OC)c3)c(=S)[nH]c2c1. The molecule has 31 heavy (non-hydrogen) atoms. The molecule has 162 valence electrons. The highest BCUT2D eigenvalue weighted by Crippen LogP contribution is 2.38. The van der Waals surface area contributed by atoms with Gasteiger partial charge < -0.3 is 23.9 Å². The number of hydrogen-bond acceptors (Lipinski definition) is 8. The minimum Gasteiger partial charge on any atom is -0.493 e. The summed E-state index contributed by atoms with van der Waals surface area (Å²) in [6.45, 7) is 0. The number of aromatic amines is 1. The lowest BCUT2D eigenvalue weighted by atomic mass is 10.1. The lowest BCUT2D eigenvalue weighted by molar-refractivity contribution is 0.0600. The molecular weight excluding hydrogens is 426 g/mol. The van der Waals surface area contributed by atoms with Gasteiger partial charge in [0.2, 0.25) is 5.75 Å². The summed E-state index contributed by atoms with van der Waals surface area (Å²) in [6.07, 6.45) is 0. The van der Waals surface area contributed by atoms with Gasteiger partial charge in [0.05, 0.1) is 44.9 Å². The summed E-state index contributed by atoms with van der Waals surface area (Å²) in [4.78, 5) is 40.3. The van der Waals surface area contributed by atoms with Crippen molar-refractivity contribution < 1.29 is 28.5 Å². The van der Waals surface area contributed by atoms with Crippen LogP contribution in [0.1, 0.15) is 20.7 Å². The molecule has 1 aromatic heterocycles. The second kappa shape index (κ2) is 8.88. The molecule has 3 aromatic rings. The van der Waals surface area contributed by atoms with E-state index in [0.717, 1.165) is 4.68 Å².